The predicted molar refractivity (Wildman–Crippen MR) is 70.2 cm³/mol. The molecule has 0 atom stereocenters. The Bertz CT molecular complexity index is 297. The highest BCUT2D eigenvalue weighted by atomic mass is 15.1. The smallest absolute Gasteiger partial charge is 0.0233 e. The van der Waals surface area contributed by atoms with Crippen molar-refractivity contribution in [1.82, 2.24) is 4.90 Å². The summed E-state index contributed by atoms with van der Waals surface area (Å²) in [7, 11) is 2.18. The van der Waals surface area contributed by atoms with Gasteiger partial charge in [-0.25, -0.2) is 0 Å². The zero-order chi connectivity index (χ0) is 11.8. The molecule has 1 aromatic rings. The van der Waals surface area contributed by atoms with Crippen LogP contribution in [-0.4, -0.2) is 18.5 Å². The monoisotopic (exact) mass is 220 g/mol. The summed E-state index contributed by atoms with van der Waals surface area (Å²) in [6.45, 7) is 5.06. The highest BCUT2D eigenvalue weighted by molar-refractivity contribution is 5.26. The first kappa shape index (κ1) is 13.2. The van der Waals surface area contributed by atoms with Crippen molar-refractivity contribution in [3.8, 4) is 0 Å². The van der Waals surface area contributed by atoms with Crippen LogP contribution in [0.15, 0.2) is 24.3 Å². The molecule has 0 bridgehead atoms. The van der Waals surface area contributed by atoms with Crippen molar-refractivity contribution in [1.29, 1.82) is 0 Å². The van der Waals surface area contributed by atoms with Crippen molar-refractivity contribution in [3.05, 3.63) is 35.4 Å². The minimum Gasteiger partial charge on any atom is -0.326 e. The first-order chi connectivity index (χ1) is 7.77. The summed E-state index contributed by atoms with van der Waals surface area (Å²) >= 11 is 0. The van der Waals surface area contributed by atoms with E-state index in [4.69, 9.17) is 5.73 Å². The summed E-state index contributed by atoms with van der Waals surface area (Å²) in [5.74, 6) is 0. The number of nitrogens with zero attached hydrogens (tertiary/aromatic N) is 1. The second-order valence-corrected chi connectivity index (χ2v) is 4.42. The molecule has 0 fully saturated rings. The van der Waals surface area contributed by atoms with Gasteiger partial charge in [-0.3, -0.25) is 0 Å². The molecule has 0 aliphatic rings. The van der Waals surface area contributed by atoms with Crippen molar-refractivity contribution < 1.29 is 0 Å². The Hall–Kier alpha value is -0.860. The standard InChI is InChI=1S/C14H24N2/c1-3-4-7-10-16(2)12-14-9-6-5-8-13(14)11-15/h5-6,8-9H,3-4,7,10-12,15H2,1-2H3. The molecule has 1 rings (SSSR count). The van der Waals surface area contributed by atoms with Crippen molar-refractivity contribution in [2.75, 3.05) is 13.6 Å². The van der Waals surface area contributed by atoms with E-state index in [9.17, 15) is 0 Å². The van der Waals surface area contributed by atoms with Crippen LogP contribution >= 0.6 is 0 Å². The molecule has 0 aromatic heterocycles. The molecule has 0 heterocycles. The lowest BCUT2D eigenvalue weighted by Crippen LogP contribution is -2.20. The van der Waals surface area contributed by atoms with E-state index in [2.05, 4.69) is 43.1 Å². The third-order valence-corrected chi connectivity index (χ3v) is 2.92. The zero-order valence-corrected chi connectivity index (χ0v) is 10.6. The lowest BCUT2D eigenvalue weighted by Gasteiger charge is -2.18. The summed E-state index contributed by atoms with van der Waals surface area (Å²) in [6, 6.07) is 8.45. The van der Waals surface area contributed by atoms with Gasteiger partial charge in [-0.05, 0) is 31.1 Å². The number of hydrogen-bond acceptors (Lipinski definition) is 2. The fourth-order valence-electron chi connectivity index (χ4n) is 1.91. The molecule has 90 valence electrons. The SMILES string of the molecule is CCCCCN(C)Cc1ccccc1CN. The molecule has 0 unspecified atom stereocenters. The van der Waals surface area contributed by atoms with Gasteiger partial charge in [0.2, 0.25) is 0 Å². The van der Waals surface area contributed by atoms with Gasteiger partial charge in [-0.2, -0.15) is 0 Å². The zero-order valence-electron chi connectivity index (χ0n) is 10.6. The van der Waals surface area contributed by atoms with Crippen LogP contribution in [0.4, 0.5) is 0 Å². The quantitative estimate of drug-likeness (QED) is 0.716. The predicted octanol–water partition coefficient (Wildman–Crippen LogP) is 2.77. The number of nitrogens with two attached hydrogens (primary N) is 1. The Kier molecular flexibility index (Phi) is 6.12. The third kappa shape index (κ3) is 4.33. The van der Waals surface area contributed by atoms with Crippen LogP contribution in [-0.2, 0) is 13.1 Å². The van der Waals surface area contributed by atoms with Gasteiger partial charge in [-0.15, -0.1) is 0 Å². The van der Waals surface area contributed by atoms with Gasteiger partial charge in [-0.1, -0.05) is 44.0 Å². The molecule has 2 heteroatoms. The Labute approximate surface area is 99.5 Å². The van der Waals surface area contributed by atoms with Gasteiger partial charge in [0, 0.05) is 13.1 Å². The summed E-state index contributed by atoms with van der Waals surface area (Å²) in [6.07, 6.45) is 3.90. The molecule has 0 radical (unpaired) electrons. The Morgan fingerprint density at radius 3 is 2.44 bits per heavy atom. The molecule has 0 aliphatic heterocycles. The minimum absolute atomic E-state index is 0.638. The van der Waals surface area contributed by atoms with Crippen LogP contribution in [0.3, 0.4) is 0 Å². The second kappa shape index (κ2) is 7.42. The second-order valence-electron chi connectivity index (χ2n) is 4.42. The van der Waals surface area contributed by atoms with Crippen LogP contribution in [0.5, 0.6) is 0 Å². The summed E-state index contributed by atoms with van der Waals surface area (Å²) in [5, 5.41) is 0. The maximum atomic E-state index is 5.73. The molecule has 0 saturated heterocycles. The summed E-state index contributed by atoms with van der Waals surface area (Å²) in [4.78, 5) is 2.38. The average molecular weight is 220 g/mol. The van der Waals surface area contributed by atoms with Crippen molar-refractivity contribution in [3.63, 3.8) is 0 Å². The van der Waals surface area contributed by atoms with Crippen LogP contribution in [0.1, 0.15) is 37.3 Å². The lowest BCUT2D eigenvalue weighted by molar-refractivity contribution is 0.317. The molecular formula is C14H24N2. The van der Waals surface area contributed by atoms with Crippen molar-refractivity contribution >= 4 is 0 Å². The van der Waals surface area contributed by atoms with Crippen LogP contribution in [0, 0.1) is 0 Å². The van der Waals surface area contributed by atoms with Gasteiger partial charge in [0.25, 0.3) is 0 Å². The first-order valence-electron chi connectivity index (χ1n) is 6.23. The molecular weight excluding hydrogens is 196 g/mol. The number of rotatable bonds is 7. The van der Waals surface area contributed by atoms with Crippen LogP contribution in [0.25, 0.3) is 0 Å². The highest BCUT2D eigenvalue weighted by Crippen LogP contribution is 2.10. The minimum atomic E-state index is 0.638. The molecule has 0 aliphatic carbocycles. The Morgan fingerprint density at radius 2 is 1.81 bits per heavy atom. The molecule has 16 heavy (non-hydrogen) atoms. The van der Waals surface area contributed by atoms with Crippen LogP contribution < -0.4 is 5.73 Å². The fourth-order valence-corrected chi connectivity index (χ4v) is 1.91. The van der Waals surface area contributed by atoms with Crippen molar-refractivity contribution in [2.24, 2.45) is 5.73 Å². The summed E-state index contributed by atoms with van der Waals surface area (Å²) < 4.78 is 0. The molecule has 0 saturated carbocycles. The van der Waals surface area contributed by atoms with E-state index in [0.717, 1.165) is 6.54 Å². The van der Waals surface area contributed by atoms with E-state index in [1.165, 1.54) is 36.9 Å². The fraction of sp³-hybridized carbons (Fsp3) is 0.571. The molecule has 2 nitrogen and oxygen atoms in total. The van der Waals surface area contributed by atoms with Crippen LogP contribution in [0.2, 0.25) is 0 Å². The lowest BCUT2D eigenvalue weighted by atomic mass is 10.1. The van der Waals surface area contributed by atoms with E-state index in [0.29, 0.717) is 6.54 Å². The molecule has 0 spiro atoms. The maximum Gasteiger partial charge on any atom is 0.0233 e. The molecule has 0 amide bonds. The normalized spacial score (nSPS) is 11.0. The van der Waals surface area contributed by atoms with Gasteiger partial charge in [0.05, 0.1) is 0 Å². The number of unbranched alkanes of at least 4 members (excludes halogenated alkanes) is 2. The topological polar surface area (TPSA) is 29.3 Å². The van der Waals surface area contributed by atoms with E-state index < -0.39 is 0 Å². The number of benzene rings is 1. The van der Waals surface area contributed by atoms with Gasteiger partial charge in [0.1, 0.15) is 0 Å². The van der Waals surface area contributed by atoms with E-state index in [1.54, 1.807) is 0 Å². The third-order valence-electron chi connectivity index (χ3n) is 2.92. The number of hydrogen-bond donors (Lipinski definition) is 1. The average Bonchev–Trinajstić information content (AvgIpc) is 2.30. The van der Waals surface area contributed by atoms with Gasteiger partial charge < -0.3 is 10.6 Å². The van der Waals surface area contributed by atoms with Crippen molar-refractivity contribution in [2.45, 2.75) is 39.3 Å². The largest absolute Gasteiger partial charge is 0.326 e. The van der Waals surface area contributed by atoms with Gasteiger partial charge >= 0.3 is 0 Å². The van der Waals surface area contributed by atoms with E-state index in [1.807, 2.05) is 0 Å². The Morgan fingerprint density at radius 1 is 1.12 bits per heavy atom. The molecule has 2 N–H and O–H groups in total. The Balaban J connectivity index is 2.45. The maximum absolute atomic E-state index is 5.73. The van der Waals surface area contributed by atoms with E-state index >= 15 is 0 Å². The van der Waals surface area contributed by atoms with Gasteiger partial charge in [0.15, 0.2) is 0 Å². The summed E-state index contributed by atoms with van der Waals surface area (Å²) in [5.41, 5.74) is 8.36. The molecule has 1 aromatic carbocycles. The van der Waals surface area contributed by atoms with E-state index in [-0.39, 0.29) is 0 Å². The first-order valence-corrected chi connectivity index (χ1v) is 6.23. The highest BCUT2D eigenvalue weighted by Gasteiger charge is 2.03.